The predicted octanol–water partition coefficient (Wildman–Crippen LogP) is 5.67. The minimum atomic E-state index is -0.663. The van der Waals surface area contributed by atoms with E-state index in [1.807, 2.05) is 19.9 Å². The third-order valence-electron chi connectivity index (χ3n) is 8.20. The van der Waals surface area contributed by atoms with Crippen molar-refractivity contribution in [1.82, 2.24) is 4.90 Å². The fraction of sp³-hybridized carbons (Fsp3) is 0.516. The fourth-order valence-corrected chi connectivity index (χ4v) is 7.14. The maximum atomic E-state index is 10.7. The summed E-state index contributed by atoms with van der Waals surface area (Å²) in [6.07, 6.45) is 12.7. The molecule has 1 aromatic rings. The Bertz CT molecular complexity index is 1210. The predicted molar refractivity (Wildman–Crippen MR) is 156 cm³/mol. The highest BCUT2D eigenvalue weighted by Crippen LogP contribution is 2.45. The molecule has 0 spiro atoms. The largest absolute Gasteiger partial charge is 0.343 e. The van der Waals surface area contributed by atoms with Crippen LogP contribution in [-0.2, 0) is 15.6 Å². The van der Waals surface area contributed by atoms with E-state index in [1.165, 1.54) is 49.0 Å². The molecule has 0 N–H and O–H groups in total. The number of benzene rings is 1. The van der Waals surface area contributed by atoms with Crippen molar-refractivity contribution in [1.29, 1.82) is 5.26 Å². The third-order valence-corrected chi connectivity index (χ3v) is 9.48. The number of hydrogen-bond donors (Lipinski definition) is 0. The highest BCUT2D eigenvalue weighted by atomic mass is 32.2. The zero-order chi connectivity index (χ0) is 27.2. The lowest BCUT2D eigenvalue weighted by Crippen LogP contribution is -2.40. The molecule has 0 radical (unpaired) electrons. The summed E-state index contributed by atoms with van der Waals surface area (Å²) in [5.74, 6) is 2.49. The Morgan fingerprint density at radius 3 is 2.50 bits per heavy atom. The Labute approximate surface area is 230 Å². The SMILES string of the molecule is C=C(C)/C=C\C1=C(C)CCC2C1=NN(c1ccc(C#N)c(C)c1)C2C1CCCC1.O=CN1CCS(=O)CC1. The van der Waals surface area contributed by atoms with Crippen molar-refractivity contribution in [2.45, 2.75) is 65.3 Å². The minimum Gasteiger partial charge on any atom is -0.343 e. The van der Waals surface area contributed by atoms with Gasteiger partial charge in [-0.1, -0.05) is 42.7 Å². The van der Waals surface area contributed by atoms with E-state index in [9.17, 15) is 14.3 Å². The Balaban J connectivity index is 0.000000317. The van der Waals surface area contributed by atoms with Crippen LogP contribution in [0.4, 0.5) is 5.69 Å². The molecule has 1 amide bonds. The van der Waals surface area contributed by atoms with Crippen LogP contribution in [0.3, 0.4) is 0 Å². The van der Waals surface area contributed by atoms with Crippen LogP contribution in [-0.4, -0.2) is 51.9 Å². The normalized spacial score (nSPS) is 24.1. The van der Waals surface area contributed by atoms with E-state index in [1.54, 1.807) is 4.90 Å². The van der Waals surface area contributed by atoms with Gasteiger partial charge in [-0.05, 0) is 81.7 Å². The van der Waals surface area contributed by atoms with Crippen LogP contribution < -0.4 is 5.01 Å². The van der Waals surface area contributed by atoms with Gasteiger partial charge in [0.15, 0.2) is 0 Å². The Morgan fingerprint density at radius 2 is 1.89 bits per heavy atom. The number of aryl methyl sites for hydroxylation is 1. The first-order chi connectivity index (χ1) is 18.3. The second-order valence-corrected chi connectivity index (χ2v) is 12.7. The van der Waals surface area contributed by atoms with Gasteiger partial charge in [0.1, 0.15) is 0 Å². The van der Waals surface area contributed by atoms with Gasteiger partial charge in [0.05, 0.1) is 29.1 Å². The van der Waals surface area contributed by atoms with Gasteiger partial charge in [-0.2, -0.15) is 10.4 Å². The number of allylic oxidation sites excluding steroid dienone is 5. The van der Waals surface area contributed by atoms with Gasteiger partial charge in [-0.15, -0.1) is 0 Å². The van der Waals surface area contributed by atoms with E-state index in [2.05, 4.69) is 48.9 Å². The molecular formula is C31H40N4O2S. The monoisotopic (exact) mass is 532 g/mol. The highest BCUT2D eigenvalue weighted by molar-refractivity contribution is 7.85. The van der Waals surface area contributed by atoms with Gasteiger partial charge in [0.2, 0.25) is 6.41 Å². The number of fused-ring (bicyclic) bond motifs is 1. The maximum Gasteiger partial charge on any atom is 0.209 e. The molecule has 2 aliphatic heterocycles. The van der Waals surface area contributed by atoms with Gasteiger partial charge < -0.3 is 4.90 Å². The lowest BCUT2D eigenvalue weighted by molar-refractivity contribution is -0.117. The van der Waals surface area contributed by atoms with E-state index < -0.39 is 10.8 Å². The van der Waals surface area contributed by atoms with E-state index in [0.29, 0.717) is 42.5 Å². The van der Waals surface area contributed by atoms with Crippen molar-refractivity contribution in [3.05, 3.63) is 64.8 Å². The molecule has 6 nitrogen and oxygen atoms in total. The van der Waals surface area contributed by atoms with Gasteiger partial charge in [0.25, 0.3) is 0 Å². The molecule has 2 atom stereocenters. The third kappa shape index (κ3) is 6.35. The quantitative estimate of drug-likeness (QED) is 0.362. The topological polar surface area (TPSA) is 76.8 Å². The highest BCUT2D eigenvalue weighted by Gasteiger charge is 2.45. The number of amides is 1. The summed E-state index contributed by atoms with van der Waals surface area (Å²) in [6, 6.07) is 8.89. The van der Waals surface area contributed by atoms with E-state index >= 15 is 0 Å². The van der Waals surface area contributed by atoms with Crippen LogP contribution in [0.25, 0.3) is 0 Å². The molecule has 2 heterocycles. The van der Waals surface area contributed by atoms with E-state index in [-0.39, 0.29) is 0 Å². The van der Waals surface area contributed by atoms with Gasteiger partial charge in [-0.25, -0.2) is 0 Å². The number of carbonyl (C=O) groups is 1. The van der Waals surface area contributed by atoms with Crippen LogP contribution >= 0.6 is 0 Å². The summed E-state index contributed by atoms with van der Waals surface area (Å²) in [5, 5.41) is 16.9. The van der Waals surface area contributed by atoms with Gasteiger partial charge in [0, 0.05) is 41.3 Å². The molecule has 1 aromatic carbocycles. The smallest absolute Gasteiger partial charge is 0.209 e. The van der Waals surface area contributed by atoms with Crippen LogP contribution in [0, 0.1) is 30.1 Å². The summed E-state index contributed by atoms with van der Waals surface area (Å²) in [7, 11) is -0.663. The molecule has 7 heteroatoms. The zero-order valence-corrected chi connectivity index (χ0v) is 23.8. The van der Waals surface area contributed by atoms with Gasteiger partial charge in [-0.3, -0.25) is 14.0 Å². The summed E-state index contributed by atoms with van der Waals surface area (Å²) in [4.78, 5) is 11.7. The number of carbonyl (C=O) groups excluding carboxylic acids is 1. The summed E-state index contributed by atoms with van der Waals surface area (Å²) >= 11 is 0. The molecular weight excluding hydrogens is 492 g/mol. The van der Waals surface area contributed by atoms with Crippen LogP contribution in [0.15, 0.2) is 58.8 Å². The lowest BCUT2D eigenvalue weighted by Gasteiger charge is -2.34. The molecule has 202 valence electrons. The number of hydrogen-bond acceptors (Lipinski definition) is 5. The van der Waals surface area contributed by atoms with Crippen molar-refractivity contribution < 1.29 is 9.00 Å². The number of nitrogens with zero attached hydrogens (tertiary/aromatic N) is 4. The van der Waals surface area contributed by atoms with Crippen molar-refractivity contribution in [3.63, 3.8) is 0 Å². The molecule has 38 heavy (non-hydrogen) atoms. The molecule has 0 bridgehead atoms. The first-order valence-electron chi connectivity index (χ1n) is 13.8. The molecule has 1 saturated carbocycles. The molecule has 2 aliphatic carbocycles. The summed E-state index contributed by atoms with van der Waals surface area (Å²) < 4.78 is 10.7. The Morgan fingerprint density at radius 1 is 1.18 bits per heavy atom. The molecule has 2 fully saturated rings. The second kappa shape index (κ2) is 12.7. The Kier molecular flexibility index (Phi) is 9.38. The van der Waals surface area contributed by atoms with Crippen LogP contribution in [0.1, 0.15) is 63.5 Å². The van der Waals surface area contributed by atoms with Crippen molar-refractivity contribution >= 4 is 28.6 Å². The number of rotatable bonds is 5. The molecule has 4 aliphatic rings. The van der Waals surface area contributed by atoms with Crippen molar-refractivity contribution in [2.75, 3.05) is 29.6 Å². The average Bonchev–Trinajstić information content (AvgIpc) is 3.57. The maximum absolute atomic E-state index is 10.7. The Hall–Kier alpha value is -2.98. The molecule has 0 aromatic heterocycles. The van der Waals surface area contributed by atoms with E-state index in [4.69, 9.17) is 5.10 Å². The minimum absolute atomic E-state index is 0.432. The summed E-state index contributed by atoms with van der Waals surface area (Å²) in [5.41, 5.74) is 7.96. The van der Waals surface area contributed by atoms with Gasteiger partial charge >= 0.3 is 0 Å². The van der Waals surface area contributed by atoms with Crippen molar-refractivity contribution in [3.8, 4) is 6.07 Å². The average molecular weight is 533 g/mol. The lowest BCUT2D eigenvalue weighted by atomic mass is 9.75. The molecule has 1 saturated heterocycles. The van der Waals surface area contributed by atoms with Crippen molar-refractivity contribution in [2.24, 2.45) is 16.9 Å². The first kappa shape index (κ1) is 28.0. The van der Waals surface area contributed by atoms with E-state index in [0.717, 1.165) is 35.2 Å². The van der Waals surface area contributed by atoms with Crippen LogP contribution in [0.5, 0.6) is 0 Å². The number of anilines is 1. The van der Waals surface area contributed by atoms with Crippen LogP contribution in [0.2, 0.25) is 0 Å². The number of nitriles is 1. The summed E-state index contributed by atoms with van der Waals surface area (Å²) in [6.45, 7) is 11.7. The fourth-order valence-electron chi connectivity index (χ4n) is 6.06. The standard InChI is InChI=1S/C26H31N3.C5H9NO2S/c1-17(2)9-13-23-18(3)10-14-24-25(23)28-29(26(24)20-7-5-6-8-20)22-12-11-21(16-27)19(4)15-22;7-5-6-1-3-9(8)4-2-6/h9,11-13,15,20,24,26H,1,5-8,10,14H2,2-4H3;5H,1-4H2/b13-9-;. The zero-order valence-electron chi connectivity index (χ0n) is 23.0. The first-order valence-corrected chi connectivity index (χ1v) is 15.3. The molecule has 5 rings (SSSR count). The molecule has 2 unspecified atom stereocenters. The second-order valence-electron chi connectivity index (χ2n) is 11.0. The number of hydrazone groups is 1.